The Bertz CT molecular complexity index is 692. The molecule has 3 rings (SSSR count). The molecule has 0 aromatic carbocycles. The summed E-state index contributed by atoms with van der Waals surface area (Å²) < 4.78 is 1.43. The van der Waals surface area contributed by atoms with Gasteiger partial charge in [0.05, 0.1) is 12.0 Å². The lowest BCUT2D eigenvalue weighted by molar-refractivity contribution is -0.142. The molecule has 2 fully saturated rings. The van der Waals surface area contributed by atoms with E-state index in [2.05, 4.69) is 10.3 Å². The number of aromatic nitrogens is 2. The number of carbonyl (C=O) groups excluding carboxylic acids is 3. The quantitative estimate of drug-likeness (QED) is 0.705. The molecule has 1 N–H and O–H groups in total. The molecule has 8 heteroatoms. The van der Waals surface area contributed by atoms with E-state index in [0.717, 1.165) is 23.4 Å². The van der Waals surface area contributed by atoms with Gasteiger partial charge in [-0.05, 0) is 12.8 Å². The molecule has 0 unspecified atom stereocenters. The van der Waals surface area contributed by atoms with E-state index in [9.17, 15) is 19.2 Å². The highest BCUT2D eigenvalue weighted by Crippen LogP contribution is 2.38. The lowest BCUT2D eigenvalue weighted by atomic mass is 10.3. The number of nitrogens with zero attached hydrogens (tertiary/aromatic N) is 3. The number of hydrogen-bond donors (Lipinski definition) is 1. The summed E-state index contributed by atoms with van der Waals surface area (Å²) in [6, 6.07) is 1.54. The standard InChI is InChI=1S/C15H18N4O4/c20-12(8-19-13(21)3-4-14(19)22)16-5-6-18-9-17-11(7-15(18)23)10-1-2-10/h7,9-10H,1-6,8H2,(H,16,20). The first-order valence-electron chi connectivity index (χ1n) is 7.71. The minimum Gasteiger partial charge on any atom is -0.353 e. The van der Waals surface area contributed by atoms with Crippen LogP contribution in [0.3, 0.4) is 0 Å². The molecule has 1 saturated heterocycles. The fraction of sp³-hybridized carbons (Fsp3) is 0.533. The van der Waals surface area contributed by atoms with E-state index in [-0.39, 0.29) is 43.3 Å². The first-order chi connectivity index (χ1) is 11.0. The molecular formula is C15H18N4O4. The van der Waals surface area contributed by atoms with Gasteiger partial charge >= 0.3 is 0 Å². The van der Waals surface area contributed by atoms with Gasteiger partial charge in [0.1, 0.15) is 6.54 Å². The Hall–Kier alpha value is -2.51. The van der Waals surface area contributed by atoms with Crippen molar-refractivity contribution in [2.24, 2.45) is 0 Å². The zero-order chi connectivity index (χ0) is 16.4. The molecule has 3 amide bonds. The van der Waals surface area contributed by atoms with Gasteiger partial charge in [-0.3, -0.25) is 28.6 Å². The van der Waals surface area contributed by atoms with E-state index in [1.807, 2.05) is 0 Å². The minimum atomic E-state index is -0.413. The third-order valence-electron chi connectivity index (χ3n) is 4.03. The van der Waals surface area contributed by atoms with Gasteiger partial charge in [-0.25, -0.2) is 4.98 Å². The van der Waals surface area contributed by atoms with Crippen LogP contribution < -0.4 is 10.9 Å². The maximum absolute atomic E-state index is 11.9. The van der Waals surface area contributed by atoms with Crippen LogP contribution in [0.1, 0.15) is 37.3 Å². The molecule has 1 saturated carbocycles. The summed E-state index contributed by atoms with van der Waals surface area (Å²) in [5.41, 5.74) is 0.697. The molecule has 0 spiro atoms. The molecule has 23 heavy (non-hydrogen) atoms. The predicted molar refractivity (Wildman–Crippen MR) is 79.4 cm³/mol. The summed E-state index contributed by atoms with van der Waals surface area (Å²) in [5, 5.41) is 2.60. The maximum Gasteiger partial charge on any atom is 0.253 e. The molecule has 0 bridgehead atoms. The molecule has 1 aromatic rings. The number of rotatable bonds is 6. The third kappa shape index (κ3) is 3.64. The van der Waals surface area contributed by atoms with Crippen LogP contribution >= 0.6 is 0 Å². The Morgan fingerprint density at radius 2 is 1.91 bits per heavy atom. The first-order valence-corrected chi connectivity index (χ1v) is 7.71. The second-order valence-corrected chi connectivity index (χ2v) is 5.84. The second kappa shape index (κ2) is 6.31. The maximum atomic E-state index is 11.9. The number of carbonyl (C=O) groups is 3. The minimum absolute atomic E-state index is 0.138. The first kappa shape index (κ1) is 15.4. The molecule has 122 valence electrons. The number of imide groups is 1. The largest absolute Gasteiger partial charge is 0.353 e. The fourth-order valence-corrected chi connectivity index (χ4v) is 2.52. The van der Waals surface area contributed by atoms with E-state index in [4.69, 9.17) is 0 Å². The van der Waals surface area contributed by atoms with E-state index in [1.54, 1.807) is 6.07 Å². The van der Waals surface area contributed by atoms with Gasteiger partial charge in [0.15, 0.2) is 0 Å². The molecule has 2 aliphatic rings. The molecule has 0 atom stereocenters. The van der Waals surface area contributed by atoms with Gasteiger partial charge in [0, 0.05) is 37.9 Å². The van der Waals surface area contributed by atoms with Crippen LogP contribution in [0.15, 0.2) is 17.2 Å². The third-order valence-corrected chi connectivity index (χ3v) is 4.03. The second-order valence-electron chi connectivity index (χ2n) is 5.84. The lowest BCUT2D eigenvalue weighted by Crippen LogP contribution is -2.41. The Labute approximate surface area is 132 Å². The molecular weight excluding hydrogens is 300 g/mol. The van der Waals surface area contributed by atoms with Gasteiger partial charge in [-0.1, -0.05) is 0 Å². The zero-order valence-corrected chi connectivity index (χ0v) is 12.7. The molecule has 1 aliphatic carbocycles. The monoisotopic (exact) mass is 318 g/mol. The van der Waals surface area contributed by atoms with Crippen LogP contribution in [0.4, 0.5) is 0 Å². The molecule has 0 radical (unpaired) electrons. The van der Waals surface area contributed by atoms with Crippen molar-refractivity contribution in [3.63, 3.8) is 0 Å². The number of nitrogens with one attached hydrogen (secondary N) is 1. The molecule has 1 aliphatic heterocycles. The predicted octanol–water partition coefficient (Wildman–Crippen LogP) is -0.614. The molecule has 8 nitrogen and oxygen atoms in total. The summed E-state index contributed by atoms with van der Waals surface area (Å²) >= 11 is 0. The zero-order valence-electron chi connectivity index (χ0n) is 12.7. The average Bonchev–Trinajstić information content (AvgIpc) is 3.32. The highest BCUT2D eigenvalue weighted by atomic mass is 16.2. The van der Waals surface area contributed by atoms with Crippen LogP contribution in [0.2, 0.25) is 0 Å². The van der Waals surface area contributed by atoms with Crippen LogP contribution in [0, 0.1) is 0 Å². The number of amides is 3. The van der Waals surface area contributed by atoms with Crippen LogP contribution in [0.25, 0.3) is 0 Å². The van der Waals surface area contributed by atoms with Crippen molar-refractivity contribution in [2.45, 2.75) is 38.1 Å². The smallest absolute Gasteiger partial charge is 0.253 e. The highest BCUT2D eigenvalue weighted by molar-refractivity contribution is 6.04. The number of hydrogen-bond acceptors (Lipinski definition) is 5. The van der Waals surface area contributed by atoms with Crippen LogP contribution in [-0.2, 0) is 20.9 Å². The Kier molecular flexibility index (Phi) is 4.22. The van der Waals surface area contributed by atoms with Crippen molar-refractivity contribution in [3.05, 3.63) is 28.4 Å². The van der Waals surface area contributed by atoms with Crippen LogP contribution in [0.5, 0.6) is 0 Å². The van der Waals surface area contributed by atoms with Crippen molar-refractivity contribution in [1.29, 1.82) is 0 Å². The average molecular weight is 318 g/mol. The van der Waals surface area contributed by atoms with Crippen LogP contribution in [-0.4, -0.2) is 45.3 Å². The van der Waals surface area contributed by atoms with Crippen molar-refractivity contribution in [3.8, 4) is 0 Å². The van der Waals surface area contributed by atoms with Gasteiger partial charge in [0.2, 0.25) is 17.7 Å². The Morgan fingerprint density at radius 1 is 1.22 bits per heavy atom. The molecule has 1 aromatic heterocycles. The summed E-state index contributed by atoms with van der Waals surface area (Å²) in [4.78, 5) is 51.7. The number of likely N-dealkylation sites (tertiary alicyclic amines) is 1. The van der Waals surface area contributed by atoms with Gasteiger partial charge < -0.3 is 5.32 Å². The van der Waals surface area contributed by atoms with E-state index >= 15 is 0 Å². The summed E-state index contributed by atoms with van der Waals surface area (Å²) in [6.45, 7) is 0.273. The van der Waals surface area contributed by atoms with Gasteiger partial charge in [-0.15, -0.1) is 0 Å². The van der Waals surface area contributed by atoms with E-state index in [1.165, 1.54) is 10.9 Å². The molecule has 2 heterocycles. The fourth-order valence-electron chi connectivity index (χ4n) is 2.52. The Morgan fingerprint density at radius 3 is 2.52 bits per heavy atom. The normalized spacial score (nSPS) is 17.7. The summed E-state index contributed by atoms with van der Waals surface area (Å²) in [5.74, 6) is -0.626. The van der Waals surface area contributed by atoms with E-state index < -0.39 is 5.91 Å². The lowest BCUT2D eigenvalue weighted by Gasteiger charge is -2.13. The Balaban J connectivity index is 1.47. The van der Waals surface area contributed by atoms with Crippen molar-refractivity contribution >= 4 is 17.7 Å². The van der Waals surface area contributed by atoms with Gasteiger partial charge in [-0.2, -0.15) is 0 Å². The topological polar surface area (TPSA) is 101 Å². The van der Waals surface area contributed by atoms with Gasteiger partial charge in [0.25, 0.3) is 5.56 Å². The highest BCUT2D eigenvalue weighted by Gasteiger charge is 2.30. The van der Waals surface area contributed by atoms with Crippen molar-refractivity contribution < 1.29 is 14.4 Å². The summed E-state index contributed by atoms with van der Waals surface area (Å²) in [7, 11) is 0. The van der Waals surface area contributed by atoms with Crippen molar-refractivity contribution in [2.75, 3.05) is 13.1 Å². The summed E-state index contributed by atoms with van der Waals surface area (Å²) in [6.07, 6.45) is 4.00. The van der Waals surface area contributed by atoms with Crippen molar-refractivity contribution in [1.82, 2.24) is 19.8 Å². The van der Waals surface area contributed by atoms with E-state index in [0.29, 0.717) is 12.5 Å². The SMILES string of the molecule is O=C(CN1C(=O)CCC1=O)NCCn1cnc(C2CC2)cc1=O.